The minimum atomic E-state index is -0.160. The fraction of sp³-hybridized carbons (Fsp3) is 0.308. The Morgan fingerprint density at radius 1 is 1.38 bits per heavy atom. The van der Waals surface area contributed by atoms with E-state index in [0.29, 0.717) is 15.7 Å². The molecule has 0 saturated heterocycles. The molecule has 0 aliphatic rings. The van der Waals surface area contributed by atoms with E-state index in [2.05, 4.69) is 15.5 Å². The highest BCUT2D eigenvalue weighted by Crippen LogP contribution is 2.25. The average Bonchev–Trinajstić information content (AvgIpc) is 2.80. The maximum atomic E-state index is 11.9. The Balaban J connectivity index is 1.96. The second-order valence-electron chi connectivity index (χ2n) is 4.24. The van der Waals surface area contributed by atoms with Crippen molar-refractivity contribution in [3.8, 4) is 0 Å². The molecule has 0 radical (unpaired) electrons. The molecule has 0 saturated carbocycles. The fourth-order valence-corrected chi connectivity index (χ4v) is 3.04. The van der Waals surface area contributed by atoms with Crippen LogP contribution in [0.25, 0.3) is 0 Å². The van der Waals surface area contributed by atoms with Crippen molar-refractivity contribution in [1.29, 1.82) is 0 Å². The SMILES string of the molecule is CCn1c(C)nnc1SCC(=O)Nc1ccc(Cl)cc1Cl. The van der Waals surface area contributed by atoms with Crippen LogP contribution in [0, 0.1) is 6.92 Å². The lowest BCUT2D eigenvalue weighted by Crippen LogP contribution is -2.15. The van der Waals surface area contributed by atoms with Crippen LogP contribution in [-0.2, 0) is 11.3 Å². The largest absolute Gasteiger partial charge is 0.324 e. The van der Waals surface area contributed by atoms with Crippen molar-refractivity contribution in [2.75, 3.05) is 11.1 Å². The lowest BCUT2D eigenvalue weighted by molar-refractivity contribution is -0.113. The Bertz CT molecular complexity index is 660. The van der Waals surface area contributed by atoms with Gasteiger partial charge in [0.05, 0.1) is 16.5 Å². The third-order valence-electron chi connectivity index (χ3n) is 2.76. The number of thioether (sulfide) groups is 1. The summed E-state index contributed by atoms with van der Waals surface area (Å²) >= 11 is 13.2. The number of anilines is 1. The second kappa shape index (κ2) is 7.15. The monoisotopic (exact) mass is 344 g/mol. The molecule has 1 aromatic heterocycles. The van der Waals surface area contributed by atoms with Gasteiger partial charge < -0.3 is 9.88 Å². The van der Waals surface area contributed by atoms with Crippen molar-refractivity contribution in [2.45, 2.75) is 25.5 Å². The molecule has 0 bridgehead atoms. The molecule has 112 valence electrons. The summed E-state index contributed by atoms with van der Waals surface area (Å²) in [4.78, 5) is 11.9. The lowest BCUT2D eigenvalue weighted by Gasteiger charge is -2.08. The highest BCUT2D eigenvalue weighted by atomic mass is 35.5. The van der Waals surface area contributed by atoms with Crippen LogP contribution >= 0.6 is 35.0 Å². The van der Waals surface area contributed by atoms with Crippen LogP contribution in [0.4, 0.5) is 5.69 Å². The summed E-state index contributed by atoms with van der Waals surface area (Å²) < 4.78 is 1.95. The number of halogens is 2. The van der Waals surface area contributed by atoms with Crippen LogP contribution < -0.4 is 5.32 Å². The fourth-order valence-electron chi connectivity index (χ4n) is 1.74. The van der Waals surface area contributed by atoms with Gasteiger partial charge in [0, 0.05) is 11.6 Å². The molecule has 1 amide bonds. The first kappa shape index (κ1) is 16.1. The Labute approximate surface area is 137 Å². The van der Waals surface area contributed by atoms with E-state index in [0.717, 1.165) is 17.5 Å². The minimum absolute atomic E-state index is 0.160. The number of aryl methyl sites for hydroxylation is 1. The Morgan fingerprint density at radius 2 is 2.14 bits per heavy atom. The first-order valence-corrected chi connectivity index (χ1v) is 8.03. The Hall–Kier alpha value is -1.24. The van der Waals surface area contributed by atoms with Crippen LogP contribution in [0.1, 0.15) is 12.7 Å². The number of hydrogen-bond acceptors (Lipinski definition) is 4. The Kier molecular flexibility index (Phi) is 5.50. The molecule has 0 fully saturated rings. The minimum Gasteiger partial charge on any atom is -0.324 e. The van der Waals surface area contributed by atoms with Gasteiger partial charge in [-0.05, 0) is 32.0 Å². The van der Waals surface area contributed by atoms with Gasteiger partial charge in [-0.25, -0.2) is 0 Å². The van der Waals surface area contributed by atoms with Gasteiger partial charge in [0.25, 0.3) is 0 Å². The molecule has 0 atom stereocenters. The van der Waals surface area contributed by atoms with Crippen LogP contribution in [0.2, 0.25) is 10.0 Å². The predicted molar refractivity (Wildman–Crippen MR) is 86.2 cm³/mol. The molecule has 8 heteroatoms. The number of carbonyl (C=O) groups is 1. The van der Waals surface area contributed by atoms with Gasteiger partial charge >= 0.3 is 0 Å². The predicted octanol–water partition coefficient (Wildman–Crippen LogP) is 3.64. The number of aromatic nitrogens is 3. The summed E-state index contributed by atoms with van der Waals surface area (Å²) in [6.07, 6.45) is 0. The maximum absolute atomic E-state index is 11.9. The van der Waals surface area contributed by atoms with Gasteiger partial charge in [-0.1, -0.05) is 35.0 Å². The van der Waals surface area contributed by atoms with Crippen molar-refractivity contribution in [3.63, 3.8) is 0 Å². The highest BCUT2D eigenvalue weighted by Gasteiger charge is 2.11. The third-order valence-corrected chi connectivity index (χ3v) is 4.27. The number of hydrogen-bond donors (Lipinski definition) is 1. The number of amides is 1. The molecule has 0 unspecified atom stereocenters. The van der Waals surface area contributed by atoms with Gasteiger partial charge in [-0.2, -0.15) is 0 Å². The smallest absolute Gasteiger partial charge is 0.234 e. The molecule has 21 heavy (non-hydrogen) atoms. The molecule has 1 aromatic carbocycles. The number of benzene rings is 1. The first-order valence-electron chi connectivity index (χ1n) is 6.28. The zero-order chi connectivity index (χ0) is 15.4. The molecule has 0 aliphatic heterocycles. The van der Waals surface area contributed by atoms with Crippen molar-refractivity contribution < 1.29 is 4.79 Å². The second-order valence-corrected chi connectivity index (χ2v) is 6.02. The normalized spacial score (nSPS) is 10.7. The summed E-state index contributed by atoms with van der Waals surface area (Å²) in [5.74, 6) is 0.908. The van der Waals surface area contributed by atoms with Gasteiger partial charge in [-0.15, -0.1) is 10.2 Å². The molecular weight excluding hydrogens is 331 g/mol. The maximum Gasteiger partial charge on any atom is 0.234 e. The zero-order valence-corrected chi connectivity index (χ0v) is 13.9. The number of rotatable bonds is 5. The van der Waals surface area contributed by atoms with E-state index in [1.807, 2.05) is 18.4 Å². The average molecular weight is 345 g/mol. The molecule has 1 N–H and O–H groups in total. The molecule has 0 aliphatic carbocycles. The van der Waals surface area contributed by atoms with Crippen LogP contribution in [0.3, 0.4) is 0 Å². The van der Waals surface area contributed by atoms with Crippen molar-refractivity contribution in [3.05, 3.63) is 34.1 Å². The first-order chi connectivity index (χ1) is 10.0. The number of carbonyl (C=O) groups excluding carboxylic acids is 1. The number of nitrogens with one attached hydrogen (secondary N) is 1. The highest BCUT2D eigenvalue weighted by molar-refractivity contribution is 7.99. The summed E-state index contributed by atoms with van der Waals surface area (Å²) in [6.45, 7) is 4.66. The third kappa shape index (κ3) is 4.12. The molecule has 5 nitrogen and oxygen atoms in total. The van der Waals surface area contributed by atoms with E-state index >= 15 is 0 Å². The topological polar surface area (TPSA) is 59.8 Å². The van der Waals surface area contributed by atoms with E-state index in [1.165, 1.54) is 11.8 Å². The van der Waals surface area contributed by atoms with Crippen LogP contribution in [-0.4, -0.2) is 26.4 Å². The molecule has 0 spiro atoms. The number of nitrogens with zero attached hydrogens (tertiary/aromatic N) is 3. The van der Waals surface area contributed by atoms with Gasteiger partial charge in [0.2, 0.25) is 5.91 Å². The standard InChI is InChI=1S/C13H14Cl2N4OS/c1-3-19-8(2)17-18-13(19)21-7-12(20)16-11-5-4-9(14)6-10(11)15/h4-6H,3,7H2,1-2H3,(H,16,20). The van der Waals surface area contributed by atoms with Gasteiger partial charge in [0.15, 0.2) is 5.16 Å². The van der Waals surface area contributed by atoms with E-state index in [9.17, 15) is 4.79 Å². The van der Waals surface area contributed by atoms with Crippen LogP contribution in [0.5, 0.6) is 0 Å². The molecular formula is C13H14Cl2N4OS. The van der Waals surface area contributed by atoms with E-state index in [4.69, 9.17) is 23.2 Å². The summed E-state index contributed by atoms with van der Waals surface area (Å²) in [5, 5.41) is 12.5. The van der Waals surface area contributed by atoms with Gasteiger partial charge in [0.1, 0.15) is 5.82 Å². The zero-order valence-electron chi connectivity index (χ0n) is 11.6. The van der Waals surface area contributed by atoms with Crippen molar-refractivity contribution in [1.82, 2.24) is 14.8 Å². The molecule has 1 heterocycles. The summed E-state index contributed by atoms with van der Waals surface area (Å²) in [7, 11) is 0. The summed E-state index contributed by atoms with van der Waals surface area (Å²) in [6, 6.07) is 4.93. The van der Waals surface area contributed by atoms with E-state index in [-0.39, 0.29) is 11.7 Å². The quantitative estimate of drug-likeness (QED) is 0.841. The molecule has 2 rings (SSSR count). The van der Waals surface area contributed by atoms with Gasteiger partial charge in [-0.3, -0.25) is 4.79 Å². The Morgan fingerprint density at radius 3 is 2.81 bits per heavy atom. The lowest BCUT2D eigenvalue weighted by atomic mass is 10.3. The van der Waals surface area contributed by atoms with E-state index in [1.54, 1.807) is 18.2 Å². The van der Waals surface area contributed by atoms with Crippen molar-refractivity contribution >= 4 is 46.6 Å². The molecule has 2 aromatic rings. The van der Waals surface area contributed by atoms with Crippen molar-refractivity contribution in [2.24, 2.45) is 0 Å². The summed E-state index contributed by atoms with van der Waals surface area (Å²) in [5.41, 5.74) is 0.541. The van der Waals surface area contributed by atoms with E-state index < -0.39 is 0 Å². The van der Waals surface area contributed by atoms with Crippen LogP contribution in [0.15, 0.2) is 23.4 Å².